The topological polar surface area (TPSA) is 86.9 Å². The second kappa shape index (κ2) is 6.78. The molecule has 0 radical (unpaired) electrons. The summed E-state index contributed by atoms with van der Waals surface area (Å²) in [6, 6.07) is 4.79. The van der Waals surface area contributed by atoms with Crippen molar-refractivity contribution in [1.29, 1.82) is 0 Å². The van der Waals surface area contributed by atoms with Crippen molar-refractivity contribution in [2.75, 3.05) is 11.3 Å². The summed E-state index contributed by atoms with van der Waals surface area (Å²) in [5, 5.41) is 9.95. The Balaban J connectivity index is 2.26. The largest absolute Gasteiger partial charge is 0.313 e. The second-order valence-electron chi connectivity index (χ2n) is 4.24. The maximum Gasteiger partial charge on any atom is 0.279 e. The van der Waals surface area contributed by atoms with Crippen molar-refractivity contribution in [3.8, 4) is 0 Å². The number of rotatable bonds is 6. The van der Waals surface area contributed by atoms with Crippen LogP contribution in [0.4, 0.5) is 5.69 Å². The van der Waals surface area contributed by atoms with Crippen LogP contribution in [0.3, 0.4) is 0 Å². The van der Waals surface area contributed by atoms with E-state index in [1.807, 2.05) is 6.92 Å². The maximum absolute atomic E-state index is 12.4. The zero-order valence-corrected chi connectivity index (χ0v) is 14.3. The molecule has 2 aromatic rings. The molecule has 0 spiro atoms. The number of sulfonamides is 1. The van der Waals surface area contributed by atoms with Crippen molar-refractivity contribution in [3.05, 3.63) is 39.5 Å². The summed E-state index contributed by atoms with van der Waals surface area (Å²) < 4.78 is 27.9. The molecule has 0 aliphatic carbocycles. The van der Waals surface area contributed by atoms with Crippen LogP contribution in [0.25, 0.3) is 0 Å². The molecular weight excluding hydrogens is 380 g/mol. The minimum absolute atomic E-state index is 0.0505. The number of nitrogens with zero attached hydrogens (tertiary/aromatic N) is 1. The summed E-state index contributed by atoms with van der Waals surface area (Å²) in [5.74, 6) is 0. The Morgan fingerprint density at radius 1 is 1.43 bits per heavy atom. The van der Waals surface area contributed by atoms with Gasteiger partial charge < -0.3 is 5.32 Å². The number of anilines is 1. The van der Waals surface area contributed by atoms with Crippen LogP contribution in [0.15, 0.2) is 33.9 Å². The molecule has 0 aliphatic heterocycles. The SMILES string of the molecule is CCNCc1cn[nH]c1S(=O)(=O)Nc1ccc(Cl)c(Br)c1. The van der Waals surface area contributed by atoms with Gasteiger partial charge in [0, 0.05) is 16.6 Å². The highest BCUT2D eigenvalue weighted by Crippen LogP contribution is 2.27. The van der Waals surface area contributed by atoms with Gasteiger partial charge >= 0.3 is 0 Å². The highest BCUT2D eigenvalue weighted by atomic mass is 79.9. The maximum atomic E-state index is 12.4. The monoisotopic (exact) mass is 392 g/mol. The minimum Gasteiger partial charge on any atom is -0.313 e. The fourth-order valence-corrected chi connectivity index (χ4v) is 3.36. The zero-order valence-electron chi connectivity index (χ0n) is 11.2. The number of aromatic amines is 1. The molecule has 2 rings (SSSR count). The number of hydrogen-bond acceptors (Lipinski definition) is 4. The van der Waals surface area contributed by atoms with Gasteiger partial charge in [-0.15, -0.1) is 0 Å². The van der Waals surface area contributed by atoms with E-state index in [2.05, 4.69) is 36.2 Å². The van der Waals surface area contributed by atoms with Crippen LogP contribution in [-0.2, 0) is 16.6 Å². The molecule has 3 N–H and O–H groups in total. The predicted molar refractivity (Wildman–Crippen MR) is 85.9 cm³/mol. The van der Waals surface area contributed by atoms with Gasteiger partial charge in [0.1, 0.15) is 0 Å². The Kier molecular flexibility index (Phi) is 5.26. The summed E-state index contributed by atoms with van der Waals surface area (Å²) in [7, 11) is -3.73. The third-order valence-corrected chi connectivity index (χ3v) is 5.29. The van der Waals surface area contributed by atoms with E-state index >= 15 is 0 Å². The molecule has 0 amide bonds. The normalized spacial score (nSPS) is 11.6. The first-order chi connectivity index (χ1) is 9.94. The molecule has 1 aromatic carbocycles. The van der Waals surface area contributed by atoms with E-state index < -0.39 is 10.0 Å². The van der Waals surface area contributed by atoms with Crippen molar-refractivity contribution >= 4 is 43.2 Å². The summed E-state index contributed by atoms with van der Waals surface area (Å²) >= 11 is 9.14. The number of H-pyrrole nitrogens is 1. The van der Waals surface area contributed by atoms with Crippen molar-refractivity contribution < 1.29 is 8.42 Å². The zero-order chi connectivity index (χ0) is 15.5. The third-order valence-electron chi connectivity index (χ3n) is 2.68. The molecule has 0 unspecified atom stereocenters. The van der Waals surface area contributed by atoms with Crippen LogP contribution in [0, 0.1) is 0 Å². The Hall–Kier alpha value is -1.09. The van der Waals surface area contributed by atoms with Crippen molar-refractivity contribution in [1.82, 2.24) is 15.5 Å². The molecule has 0 bridgehead atoms. The Morgan fingerprint density at radius 2 is 2.19 bits per heavy atom. The van der Waals surface area contributed by atoms with Crippen LogP contribution in [0.1, 0.15) is 12.5 Å². The highest BCUT2D eigenvalue weighted by molar-refractivity contribution is 9.10. The van der Waals surface area contributed by atoms with Gasteiger partial charge in [-0.3, -0.25) is 9.82 Å². The van der Waals surface area contributed by atoms with Crippen molar-refractivity contribution in [2.24, 2.45) is 0 Å². The van der Waals surface area contributed by atoms with Gasteiger partial charge in [-0.2, -0.15) is 13.5 Å². The second-order valence-corrected chi connectivity index (χ2v) is 7.12. The van der Waals surface area contributed by atoms with Crippen LogP contribution in [-0.4, -0.2) is 25.2 Å². The summed E-state index contributed by atoms with van der Waals surface area (Å²) in [5.41, 5.74) is 0.993. The standard InChI is InChI=1S/C12H14BrClN4O2S/c1-2-15-6-8-7-16-17-12(8)21(19,20)18-9-3-4-11(14)10(13)5-9/h3-5,7,15,18H,2,6H2,1H3,(H,16,17). The van der Waals surface area contributed by atoms with Crippen LogP contribution < -0.4 is 10.0 Å². The first-order valence-corrected chi connectivity index (χ1v) is 8.80. The molecule has 21 heavy (non-hydrogen) atoms. The summed E-state index contributed by atoms with van der Waals surface area (Å²) in [6.45, 7) is 3.10. The molecular formula is C12H14BrClN4O2S. The molecule has 0 aliphatic rings. The summed E-state index contributed by atoms with van der Waals surface area (Å²) in [6.07, 6.45) is 1.50. The lowest BCUT2D eigenvalue weighted by atomic mass is 10.3. The fourth-order valence-electron chi connectivity index (χ4n) is 1.68. The van der Waals surface area contributed by atoms with E-state index in [9.17, 15) is 8.42 Å². The average molecular weight is 394 g/mol. The van der Waals surface area contributed by atoms with Crippen LogP contribution in [0.2, 0.25) is 5.02 Å². The van der Waals surface area contributed by atoms with Gasteiger partial charge in [0.15, 0.2) is 5.03 Å². The van der Waals surface area contributed by atoms with Crippen molar-refractivity contribution in [3.63, 3.8) is 0 Å². The molecule has 0 saturated heterocycles. The van der Waals surface area contributed by atoms with Gasteiger partial charge in [-0.05, 0) is 40.7 Å². The fraction of sp³-hybridized carbons (Fsp3) is 0.250. The molecule has 0 fully saturated rings. The van der Waals surface area contributed by atoms with E-state index in [4.69, 9.17) is 11.6 Å². The van der Waals surface area contributed by atoms with E-state index in [-0.39, 0.29) is 5.03 Å². The number of nitrogens with one attached hydrogen (secondary N) is 3. The third kappa shape index (κ3) is 3.97. The average Bonchev–Trinajstić information content (AvgIpc) is 2.89. The van der Waals surface area contributed by atoms with Gasteiger partial charge in [0.05, 0.1) is 16.9 Å². The lowest BCUT2D eigenvalue weighted by Gasteiger charge is -2.09. The first-order valence-electron chi connectivity index (χ1n) is 6.15. The number of aromatic nitrogens is 2. The van der Waals surface area contributed by atoms with Gasteiger partial charge in [0.2, 0.25) is 0 Å². The van der Waals surface area contributed by atoms with E-state index in [0.29, 0.717) is 27.3 Å². The molecule has 0 atom stereocenters. The van der Waals surface area contributed by atoms with Gasteiger partial charge in [0.25, 0.3) is 10.0 Å². The molecule has 1 aromatic heterocycles. The van der Waals surface area contributed by atoms with Crippen molar-refractivity contribution in [2.45, 2.75) is 18.5 Å². The lowest BCUT2D eigenvalue weighted by molar-refractivity contribution is 0.594. The highest BCUT2D eigenvalue weighted by Gasteiger charge is 2.21. The Morgan fingerprint density at radius 3 is 2.86 bits per heavy atom. The molecule has 9 heteroatoms. The van der Waals surface area contributed by atoms with E-state index in [1.54, 1.807) is 18.2 Å². The number of halogens is 2. The van der Waals surface area contributed by atoms with Crippen LogP contribution in [0.5, 0.6) is 0 Å². The predicted octanol–water partition coefficient (Wildman–Crippen LogP) is 2.74. The molecule has 114 valence electrons. The first kappa shape index (κ1) is 16.3. The molecule has 1 heterocycles. The van der Waals surface area contributed by atoms with E-state index in [1.165, 1.54) is 6.20 Å². The number of hydrogen-bond donors (Lipinski definition) is 3. The quantitative estimate of drug-likeness (QED) is 0.704. The van der Waals surface area contributed by atoms with Crippen LogP contribution >= 0.6 is 27.5 Å². The summed E-state index contributed by atoms with van der Waals surface area (Å²) in [4.78, 5) is 0. The Bertz CT molecular complexity index is 733. The number of benzene rings is 1. The molecule has 6 nitrogen and oxygen atoms in total. The van der Waals surface area contributed by atoms with E-state index in [0.717, 1.165) is 6.54 Å². The van der Waals surface area contributed by atoms with Gasteiger partial charge in [-0.25, -0.2) is 0 Å². The minimum atomic E-state index is -3.73. The smallest absolute Gasteiger partial charge is 0.279 e. The lowest BCUT2D eigenvalue weighted by Crippen LogP contribution is -2.18. The molecule has 0 saturated carbocycles. The van der Waals surface area contributed by atoms with Gasteiger partial charge in [-0.1, -0.05) is 18.5 Å². The Labute approximate surface area is 136 Å².